The molecule has 8 rings (SSSR count). The summed E-state index contributed by atoms with van der Waals surface area (Å²) in [6.45, 7) is 6.95. The highest BCUT2D eigenvalue weighted by molar-refractivity contribution is 6.01. The summed E-state index contributed by atoms with van der Waals surface area (Å²) in [6, 6.07) is 1.26. The lowest BCUT2D eigenvalue weighted by atomic mass is 9.46. The Bertz CT molecular complexity index is 2000. The molecule has 1 aromatic heterocycles. The number of fused-ring (bicyclic) bond motifs is 6. The third-order valence-corrected chi connectivity index (χ3v) is 13.7. The lowest BCUT2D eigenvalue weighted by Crippen LogP contribution is -2.61. The van der Waals surface area contributed by atoms with Gasteiger partial charge in [-0.15, -0.1) is 0 Å². The molecule has 5 fully saturated rings. The van der Waals surface area contributed by atoms with Gasteiger partial charge in [-0.3, -0.25) is 14.4 Å². The van der Waals surface area contributed by atoms with Crippen molar-refractivity contribution in [3.05, 3.63) is 57.7 Å². The van der Waals surface area contributed by atoms with E-state index in [1.807, 2.05) is 24.8 Å². The average molecular weight is 718 g/mol. The van der Waals surface area contributed by atoms with Crippen molar-refractivity contribution in [2.45, 2.75) is 89.5 Å². The van der Waals surface area contributed by atoms with Gasteiger partial charge < -0.3 is 34.5 Å². The number of esters is 1. The van der Waals surface area contributed by atoms with Crippen LogP contribution in [0.15, 0.2) is 40.9 Å². The molecule has 8 unspecified atom stereocenters. The summed E-state index contributed by atoms with van der Waals surface area (Å²) in [5.41, 5.74) is -2.66. The number of ketones is 2. The molecule has 0 bridgehead atoms. The van der Waals surface area contributed by atoms with Gasteiger partial charge in [0.15, 0.2) is 24.0 Å². The molecule has 0 amide bonds. The Balaban J connectivity index is 1.06. The van der Waals surface area contributed by atoms with Crippen LogP contribution in [0.25, 0.3) is 10.9 Å². The first-order valence-electron chi connectivity index (χ1n) is 18.7. The van der Waals surface area contributed by atoms with Crippen molar-refractivity contribution in [3.8, 4) is 5.75 Å². The van der Waals surface area contributed by atoms with Crippen molar-refractivity contribution in [1.29, 1.82) is 0 Å². The Hall–Kier alpha value is -3.87. The summed E-state index contributed by atoms with van der Waals surface area (Å²) in [4.78, 5) is 55.5. The van der Waals surface area contributed by atoms with Crippen LogP contribution in [-0.4, -0.2) is 83.4 Å². The SMILES string of the molecule is COc1c(N2CCNC(C)C2)c(F)cc2c(=O)c(C(=O)OCC(=O)C3(O)CCC4C5CCC6=CC(=O)C=CC6(C)C5C(O)CC43C)cn(C3CC3)c12. The van der Waals surface area contributed by atoms with E-state index in [2.05, 4.69) is 12.2 Å². The van der Waals surface area contributed by atoms with E-state index in [4.69, 9.17) is 9.47 Å². The number of nitrogens with one attached hydrogen (secondary N) is 1. The van der Waals surface area contributed by atoms with Crippen LogP contribution in [0.2, 0.25) is 0 Å². The first-order valence-corrected chi connectivity index (χ1v) is 18.7. The number of nitrogens with zero attached hydrogens (tertiary/aromatic N) is 2. The molecule has 52 heavy (non-hydrogen) atoms. The Morgan fingerprint density at radius 2 is 1.92 bits per heavy atom. The zero-order chi connectivity index (χ0) is 36.9. The van der Waals surface area contributed by atoms with Gasteiger partial charge >= 0.3 is 5.97 Å². The van der Waals surface area contributed by atoms with Crippen LogP contribution >= 0.6 is 0 Å². The first-order chi connectivity index (χ1) is 24.7. The zero-order valence-electron chi connectivity index (χ0n) is 30.2. The average Bonchev–Trinajstić information content (AvgIpc) is 3.91. The van der Waals surface area contributed by atoms with Crippen LogP contribution in [0.3, 0.4) is 0 Å². The van der Waals surface area contributed by atoms with Gasteiger partial charge in [0, 0.05) is 54.7 Å². The molecule has 8 atom stereocenters. The number of hydrogen-bond acceptors (Lipinski definition) is 10. The van der Waals surface area contributed by atoms with Crippen molar-refractivity contribution in [2.75, 3.05) is 38.3 Å². The van der Waals surface area contributed by atoms with Gasteiger partial charge in [-0.05, 0) is 81.9 Å². The summed E-state index contributed by atoms with van der Waals surface area (Å²) in [5.74, 6) is -2.36. The van der Waals surface area contributed by atoms with Crippen LogP contribution in [0, 0.1) is 34.4 Å². The number of rotatable bonds is 7. The van der Waals surface area contributed by atoms with Gasteiger partial charge in [0.1, 0.15) is 16.9 Å². The fraction of sp³-hybridized carbons (Fsp3) is 0.600. The molecule has 1 saturated heterocycles. The van der Waals surface area contributed by atoms with E-state index >= 15 is 4.39 Å². The smallest absolute Gasteiger partial charge is 0.344 e. The summed E-state index contributed by atoms with van der Waals surface area (Å²) >= 11 is 0. The van der Waals surface area contributed by atoms with Crippen molar-refractivity contribution in [1.82, 2.24) is 9.88 Å². The van der Waals surface area contributed by atoms with Gasteiger partial charge in [-0.2, -0.15) is 0 Å². The highest BCUT2D eigenvalue weighted by Gasteiger charge is 2.68. The number of anilines is 1. The Morgan fingerprint density at radius 1 is 1.15 bits per heavy atom. The Kier molecular flexibility index (Phi) is 8.35. The predicted octanol–water partition coefficient (Wildman–Crippen LogP) is 4.02. The number of Topliss-reactive ketones (excluding diaryl/α,β-unsaturated/α-hetero) is 1. The number of hydrogen-bond donors (Lipinski definition) is 3. The van der Waals surface area contributed by atoms with Crippen molar-refractivity contribution in [3.63, 3.8) is 0 Å². The van der Waals surface area contributed by atoms with E-state index < -0.39 is 52.1 Å². The predicted molar refractivity (Wildman–Crippen MR) is 191 cm³/mol. The van der Waals surface area contributed by atoms with Gasteiger partial charge in [0.2, 0.25) is 11.2 Å². The number of methoxy groups -OCH3 is 1. The minimum absolute atomic E-state index is 0.0131. The Morgan fingerprint density at radius 3 is 2.63 bits per heavy atom. The molecule has 5 aliphatic carbocycles. The molecule has 11 nitrogen and oxygen atoms in total. The quantitative estimate of drug-likeness (QED) is 0.359. The molecular formula is C40H48FN3O8. The molecule has 1 aromatic carbocycles. The zero-order valence-corrected chi connectivity index (χ0v) is 30.2. The number of halogens is 1. The van der Waals surface area contributed by atoms with Crippen molar-refractivity contribution in [2.24, 2.45) is 28.6 Å². The highest BCUT2D eigenvalue weighted by atomic mass is 19.1. The van der Waals surface area contributed by atoms with Crippen molar-refractivity contribution < 1.29 is 38.5 Å². The number of aromatic nitrogens is 1. The van der Waals surface area contributed by atoms with E-state index in [9.17, 15) is 29.4 Å². The third-order valence-electron chi connectivity index (χ3n) is 13.7. The second-order valence-electron chi connectivity index (χ2n) is 16.6. The van der Waals surface area contributed by atoms with E-state index in [0.29, 0.717) is 38.0 Å². The minimum Gasteiger partial charge on any atom is -0.492 e. The number of ether oxygens (including phenoxy) is 2. The monoisotopic (exact) mass is 717 g/mol. The maximum atomic E-state index is 15.9. The lowest BCUT2D eigenvalue weighted by molar-refractivity contribution is -0.178. The summed E-state index contributed by atoms with van der Waals surface area (Å²) in [7, 11) is 1.45. The number of benzene rings is 1. The number of aliphatic hydroxyl groups excluding tert-OH is 1. The number of carbonyl (C=O) groups is 3. The van der Waals surface area contributed by atoms with Gasteiger partial charge in [0.25, 0.3) is 0 Å². The Labute approximate surface area is 301 Å². The number of carbonyl (C=O) groups excluding carboxylic acids is 3. The molecule has 0 radical (unpaired) electrons. The van der Waals surface area contributed by atoms with Gasteiger partial charge in [-0.1, -0.05) is 25.5 Å². The number of allylic oxidation sites excluding steroid dienone is 4. The molecule has 2 heterocycles. The highest BCUT2D eigenvalue weighted by Crippen LogP contribution is 2.67. The van der Waals surface area contributed by atoms with Crippen LogP contribution in [0.1, 0.15) is 82.1 Å². The number of piperazine rings is 1. The second-order valence-corrected chi connectivity index (χ2v) is 16.6. The summed E-state index contributed by atoms with van der Waals surface area (Å²) < 4.78 is 29.0. The van der Waals surface area contributed by atoms with E-state index in [1.165, 1.54) is 13.3 Å². The largest absolute Gasteiger partial charge is 0.492 e. The number of aliphatic hydroxyl groups is 2. The molecule has 6 aliphatic rings. The minimum atomic E-state index is -1.86. The fourth-order valence-electron chi connectivity index (χ4n) is 11.0. The number of pyridine rings is 1. The van der Waals surface area contributed by atoms with Crippen LogP contribution < -0.4 is 20.4 Å². The molecule has 3 N–H and O–H groups in total. The molecule has 12 heteroatoms. The molecule has 2 aromatic rings. The van der Waals surface area contributed by atoms with Gasteiger partial charge in [0.05, 0.1) is 24.1 Å². The van der Waals surface area contributed by atoms with Crippen LogP contribution in [0.4, 0.5) is 10.1 Å². The van der Waals surface area contributed by atoms with Gasteiger partial charge in [-0.25, -0.2) is 9.18 Å². The molecule has 1 aliphatic heterocycles. The first kappa shape index (κ1) is 35.2. The standard InChI is InChI=1S/C40H48FN3O8/c1-21-18-43(14-13-42-21)34-29(41)16-26-33(36(34)51-4)44(23-6-7-23)19-27(35(26)48)37(49)52-20-31(47)40(50)12-10-28-25-8-5-22-15-24(45)9-11-38(22,2)32(25)30(46)17-39(28,40)3/h9,11,15-16,19,21,23,25,28,30,32,42,46,50H,5-8,10,12-14,17-18,20H2,1-4H3. The normalized spacial score (nSPS) is 35.4. The van der Waals surface area contributed by atoms with Crippen LogP contribution in [0.5, 0.6) is 5.75 Å². The van der Waals surface area contributed by atoms with E-state index in [-0.39, 0.29) is 70.8 Å². The van der Waals surface area contributed by atoms with E-state index in [1.54, 1.807) is 16.7 Å². The topological polar surface area (TPSA) is 147 Å². The fourth-order valence-corrected chi connectivity index (χ4v) is 11.0. The van der Waals surface area contributed by atoms with Crippen LogP contribution in [-0.2, 0) is 14.3 Å². The molecular weight excluding hydrogens is 669 g/mol. The summed E-state index contributed by atoms with van der Waals surface area (Å²) in [5, 5.41) is 27.2. The maximum Gasteiger partial charge on any atom is 0.344 e. The second kappa shape index (κ2) is 12.3. The molecule has 278 valence electrons. The third kappa shape index (κ3) is 5.15. The van der Waals surface area contributed by atoms with Crippen molar-refractivity contribution >= 4 is 34.1 Å². The molecule has 4 saturated carbocycles. The summed E-state index contributed by atoms with van der Waals surface area (Å²) in [6.07, 6.45) is 9.72. The maximum absolute atomic E-state index is 15.9. The molecule has 0 spiro atoms. The lowest BCUT2D eigenvalue weighted by Gasteiger charge is -2.59. The van der Waals surface area contributed by atoms with E-state index in [0.717, 1.165) is 30.9 Å².